The van der Waals surface area contributed by atoms with Gasteiger partial charge in [0, 0.05) is 47.5 Å². The zero-order valence-corrected chi connectivity index (χ0v) is 27.9. The number of nitrogens with two attached hydrogens (primary N) is 1. The maximum absolute atomic E-state index is 9.07. The summed E-state index contributed by atoms with van der Waals surface area (Å²) < 4.78 is 12.2. The van der Waals surface area contributed by atoms with Crippen LogP contribution in [0.3, 0.4) is 0 Å². The number of hydrogen-bond acceptors (Lipinski definition) is 8. The summed E-state index contributed by atoms with van der Waals surface area (Å²) in [5.74, 6) is 3.51. The normalized spacial score (nSPS) is 8.00. The van der Waals surface area contributed by atoms with E-state index in [2.05, 4.69) is 126 Å². The first-order valence-electron chi connectivity index (χ1n) is 9.12. The SMILES string of the molecule is CI.CNCCNc1ccc(Br)cn1.ICI.NCCNc1ccc(Br)cn1.O=BC#CO. The molecule has 0 aliphatic carbocycles. The van der Waals surface area contributed by atoms with Crippen molar-refractivity contribution in [3.05, 3.63) is 45.6 Å². The minimum atomic E-state index is 0.319. The number of aliphatic hydroxyl groups is 1. The van der Waals surface area contributed by atoms with Crippen LogP contribution in [0.2, 0.25) is 0 Å². The minimum absolute atomic E-state index is 0.319. The fourth-order valence-corrected chi connectivity index (χ4v) is 1.97. The molecule has 14 heteroatoms. The number of halogens is 5. The fourth-order valence-electron chi connectivity index (χ4n) is 1.50. The Morgan fingerprint density at radius 2 is 1.45 bits per heavy atom. The van der Waals surface area contributed by atoms with E-state index in [0.717, 1.165) is 40.2 Å². The Kier molecular flexibility index (Phi) is 36.8. The van der Waals surface area contributed by atoms with E-state index in [1.165, 1.54) is 8.54 Å². The first-order valence-corrected chi connectivity index (χ1v) is 15.9. The predicted octanol–water partition coefficient (Wildman–Crippen LogP) is 4.88. The Morgan fingerprint density at radius 3 is 1.73 bits per heavy atom. The van der Waals surface area contributed by atoms with Gasteiger partial charge in [0.05, 0.1) is 2.43 Å². The van der Waals surface area contributed by atoms with Gasteiger partial charge in [-0.1, -0.05) is 67.8 Å². The Hall–Kier alpha value is 0.195. The maximum atomic E-state index is 9.07. The third-order valence-corrected chi connectivity index (χ3v) is 3.65. The molecular formula is C19H28BBr2I3N6O2. The van der Waals surface area contributed by atoms with E-state index in [1.807, 2.05) is 36.2 Å². The van der Waals surface area contributed by atoms with Gasteiger partial charge in [0.1, 0.15) is 11.6 Å². The van der Waals surface area contributed by atoms with Gasteiger partial charge in [0.25, 0.3) is 0 Å². The molecule has 0 aliphatic heterocycles. The van der Waals surface area contributed by atoms with Gasteiger partial charge in [-0.2, -0.15) is 0 Å². The summed E-state index contributed by atoms with van der Waals surface area (Å²) in [6.07, 6.45) is 4.93. The number of alkyl halides is 3. The number of nitrogens with one attached hydrogen (secondary N) is 3. The standard InChI is InChI=1S/C8H12BrN3.C7H10BrN3.C2HBO2.CH2I2.CH3I/c1-10-4-5-11-8-3-2-7(9)6-12-8;8-6-1-2-7(11-5-6)10-4-3-9;4-2-1-3-5;2-1-3;1-2/h2-3,6,10H,4-5H2,1H3,(H,11,12);1-2,5H,3-4,9H2,(H,10,11);4H;1H2;1H3. The Bertz CT molecular complexity index is 739. The average molecular weight is 924 g/mol. The van der Waals surface area contributed by atoms with Gasteiger partial charge in [-0.3, -0.25) is 0 Å². The summed E-state index contributed by atoms with van der Waals surface area (Å²) in [6.45, 7) is 3.22. The van der Waals surface area contributed by atoms with Gasteiger partial charge in [0.15, 0.2) is 0 Å². The van der Waals surface area contributed by atoms with Crippen molar-refractivity contribution in [1.82, 2.24) is 15.3 Å². The van der Waals surface area contributed by atoms with Crippen LogP contribution in [0.4, 0.5) is 11.6 Å². The molecule has 2 heterocycles. The monoisotopic (exact) mass is 922 g/mol. The van der Waals surface area contributed by atoms with Crippen molar-refractivity contribution in [1.29, 1.82) is 0 Å². The second-order valence-electron chi connectivity index (χ2n) is 4.94. The molecule has 0 aliphatic rings. The van der Waals surface area contributed by atoms with Crippen molar-refractivity contribution in [3.63, 3.8) is 0 Å². The molecule has 0 spiro atoms. The topological polar surface area (TPSA) is 125 Å². The summed E-state index contributed by atoms with van der Waals surface area (Å²) in [5.41, 5.74) is 5.31. The van der Waals surface area contributed by atoms with Crippen LogP contribution in [-0.4, -0.2) is 62.8 Å². The zero-order valence-electron chi connectivity index (χ0n) is 18.3. The molecular weight excluding hydrogens is 896 g/mol. The Balaban J connectivity index is -0.000000394. The summed E-state index contributed by atoms with van der Waals surface area (Å²) in [7, 11) is 2.25. The first kappa shape index (κ1) is 37.7. The molecule has 6 N–H and O–H groups in total. The Labute approximate surface area is 255 Å². The molecule has 0 atom stereocenters. The molecule has 184 valence electrons. The number of aliphatic hydroxyl groups excluding tert-OH is 1. The van der Waals surface area contributed by atoms with Gasteiger partial charge >= 0.3 is 28.9 Å². The molecule has 0 bridgehead atoms. The summed E-state index contributed by atoms with van der Waals surface area (Å²) >= 11 is 13.3. The van der Waals surface area contributed by atoms with E-state index in [0.29, 0.717) is 13.7 Å². The summed E-state index contributed by atoms with van der Waals surface area (Å²) in [5, 5.41) is 16.8. The van der Waals surface area contributed by atoms with Crippen LogP contribution in [0.25, 0.3) is 0 Å². The molecule has 0 radical (unpaired) electrons. The molecule has 2 aromatic heterocycles. The van der Waals surface area contributed by atoms with Gasteiger partial charge in [-0.15, -0.1) is 0 Å². The molecule has 0 amide bonds. The molecule has 2 rings (SSSR count). The molecule has 0 saturated carbocycles. The number of anilines is 2. The third-order valence-electron chi connectivity index (χ3n) is 2.71. The van der Waals surface area contributed by atoms with Crippen molar-refractivity contribution in [2.45, 2.75) is 0 Å². The van der Waals surface area contributed by atoms with Gasteiger partial charge in [-0.25, -0.2) is 9.97 Å². The number of aromatic nitrogens is 2. The van der Waals surface area contributed by atoms with Gasteiger partial charge in [-0.05, 0) is 68.1 Å². The molecule has 0 unspecified atom stereocenters. The van der Waals surface area contributed by atoms with Crippen LogP contribution in [0, 0.1) is 11.9 Å². The van der Waals surface area contributed by atoms with Gasteiger partial charge in [0.2, 0.25) is 0 Å². The third kappa shape index (κ3) is 30.2. The van der Waals surface area contributed by atoms with Crippen LogP contribution in [-0.2, 0) is 4.70 Å². The fraction of sp³-hybridized carbons (Fsp3) is 0.368. The van der Waals surface area contributed by atoms with Crippen molar-refractivity contribution in [3.8, 4) is 11.9 Å². The molecule has 0 saturated heterocycles. The van der Waals surface area contributed by atoms with Crippen molar-refractivity contribution in [2.24, 2.45) is 5.73 Å². The van der Waals surface area contributed by atoms with Crippen molar-refractivity contribution < 1.29 is 9.81 Å². The second-order valence-corrected chi connectivity index (χ2v) is 11.2. The van der Waals surface area contributed by atoms with E-state index in [4.69, 9.17) is 15.5 Å². The Morgan fingerprint density at radius 1 is 1.00 bits per heavy atom. The molecule has 8 nitrogen and oxygen atoms in total. The second kappa shape index (κ2) is 32.2. The van der Waals surface area contributed by atoms with E-state index in [9.17, 15) is 0 Å². The summed E-state index contributed by atoms with van der Waals surface area (Å²) in [6, 6.07) is 7.75. The van der Waals surface area contributed by atoms with E-state index >= 15 is 0 Å². The zero-order chi connectivity index (χ0) is 25.7. The molecule has 0 fully saturated rings. The van der Waals surface area contributed by atoms with Crippen molar-refractivity contribution in [2.75, 3.05) is 51.2 Å². The number of likely N-dealkylation sites (N-methyl/N-ethyl adjacent to an activating group) is 1. The van der Waals surface area contributed by atoms with E-state index in [1.54, 1.807) is 18.2 Å². The van der Waals surface area contributed by atoms with E-state index in [-0.39, 0.29) is 0 Å². The van der Waals surface area contributed by atoms with Crippen LogP contribution >= 0.6 is 99.6 Å². The number of nitrogens with zero attached hydrogens (tertiary/aromatic N) is 2. The van der Waals surface area contributed by atoms with Gasteiger partial charge < -0.3 is 21.7 Å². The van der Waals surface area contributed by atoms with Crippen LogP contribution in [0.1, 0.15) is 0 Å². The van der Waals surface area contributed by atoms with Crippen LogP contribution in [0.15, 0.2) is 45.6 Å². The first-order chi connectivity index (χ1) is 16.0. The molecule has 0 aromatic carbocycles. The van der Waals surface area contributed by atoms with Crippen LogP contribution in [0.5, 0.6) is 0 Å². The quantitative estimate of drug-likeness (QED) is 0.0877. The number of rotatable bonds is 7. The average Bonchev–Trinajstić information content (AvgIpc) is 2.83. The molecule has 2 aromatic rings. The van der Waals surface area contributed by atoms with Crippen molar-refractivity contribution >= 4 is 118 Å². The van der Waals surface area contributed by atoms with Crippen LogP contribution < -0.4 is 21.7 Å². The van der Waals surface area contributed by atoms with E-state index < -0.39 is 0 Å². The number of pyridine rings is 2. The summed E-state index contributed by atoms with van der Waals surface area (Å²) in [4.78, 5) is 10.2. The number of hydrogen-bond donors (Lipinski definition) is 5. The molecule has 33 heavy (non-hydrogen) atoms. The predicted molar refractivity (Wildman–Crippen MR) is 173 cm³/mol.